The molecule has 1 atom stereocenters. The molecule has 150 valence electrons. The number of aromatic nitrogens is 2. The molecule has 1 saturated heterocycles. The SMILES string of the molecule is COc1cccc(-c2nc(C3CC(=O)N(c4ccc(OC)cc4OC)C3)no2)c1. The van der Waals surface area contributed by atoms with Crippen molar-refractivity contribution in [2.45, 2.75) is 12.3 Å². The molecule has 2 heterocycles. The van der Waals surface area contributed by atoms with E-state index in [0.29, 0.717) is 47.6 Å². The highest BCUT2D eigenvalue weighted by Crippen LogP contribution is 2.38. The Kier molecular flexibility index (Phi) is 5.07. The number of methoxy groups -OCH3 is 3. The molecule has 8 heteroatoms. The van der Waals surface area contributed by atoms with E-state index in [4.69, 9.17) is 18.7 Å². The Labute approximate surface area is 168 Å². The summed E-state index contributed by atoms with van der Waals surface area (Å²) in [5, 5.41) is 4.11. The maximum atomic E-state index is 12.7. The zero-order valence-electron chi connectivity index (χ0n) is 16.4. The first kappa shape index (κ1) is 18.8. The van der Waals surface area contributed by atoms with Gasteiger partial charge in [0.15, 0.2) is 5.82 Å². The first-order chi connectivity index (χ1) is 14.1. The van der Waals surface area contributed by atoms with Gasteiger partial charge < -0.3 is 23.6 Å². The van der Waals surface area contributed by atoms with Crippen LogP contribution >= 0.6 is 0 Å². The fourth-order valence-electron chi connectivity index (χ4n) is 3.40. The number of benzene rings is 2. The van der Waals surface area contributed by atoms with Crippen molar-refractivity contribution in [3.05, 3.63) is 48.3 Å². The maximum absolute atomic E-state index is 12.7. The predicted octanol–water partition coefficient (Wildman–Crippen LogP) is 3.28. The Hall–Kier alpha value is -3.55. The van der Waals surface area contributed by atoms with Gasteiger partial charge in [0.1, 0.15) is 17.2 Å². The van der Waals surface area contributed by atoms with Crippen LogP contribution in [-0.2, 0) is 4.79 Å². The zero-order chi connectivity index (χ0) is 20.4. The lowest BCUT2D eigenvalue weighted by molar-refractivity contribution is -0.117. The summed E-state index contributed by atoms with van der Waals surface area (Å²) in [7, 11) is 4.75. The summed E-state index contributed by atoms with van der Waals surface area (Å²) in [5.41, 5.74) is 1.46. The average molecular weight is 395 g/mol. The highest BCUT2D eigenvalue weighted by molar-refractivity contribution is 5.97. The molecule has 1 amide bonds. The van der Waals surface area contributed by atoms with Crippen molar-refractivity contribution in [2.75, 3.05) is 32.8 Å². The van der Waals surface area contributed by atoms with E-state index in [-0.39, 0.29) is 11.8 Å². The molecule has 0 spiro atoms. The van der Waals surface area contributed by atoms with Gasteiger partial charge in [-0.2, -0.15) is 4.98 Å². The minimum Gasteiger partial charge on any atom is -0.497 e. The minimum absolute atomic E-state index is 0.0220. The van der Waals surface area contributed by atoms with Gasteiger partial charge in [-0.05, 0) is 30.3 Å². The van der Waals surface area contributed by atoms with Crippen molar-refractivity contribution in [3.63, 3.8) is 0 Å². The second kappa shape index (κ2) is 7.83. The van der Waals surface area contributed by atoms with Crippen LogP contribution in [0.1, 0.15) is 18.2 Å². The summed E-state index contributed by atoms with van der Waals surface area (Å²) in [6, 6.07) is 12.8. The number of amides is 1. The molecule has 0 bridgehead atoms. The summed E-state index contributed by atoms with van der Waals surface area (Å²) in [6.07, 6.45) is 0.298. The van der Waals surface area contributed by atoms with Gasteiger partial charge in [0.2, 0.25) is 5.91 Å². The van der Waals surface area contributed by atoms with Crippen LogP contribution in [-0.4, -0.2) is 43.9 Å². The van der Waals surface area contributed by atoms with E-state index >= 15 is 0 Å². The lowest BCUT2D eigenvalue weighted by Crippen LogP contribution is -2.24. The van der Waals surface area contributed by atoms with Crippen molar-refractivity contribution < 1.29 is 23.5 Å². The van der Waals surface area contributed by atoms with Crippen LogP contribution < -0.4 is 19.1 Å². The number of carbonyl (C=O) groups is 1. The van der Waals surface area contributed by atoms with Crippen LogP contribution in [0.15, 0.2) is 47.0 Å². The quantitative estimate of drug-likeness (QED) is 0.633. The van der Waals surface area contributed by atoms with Crippen molar-refractivity contribution in [2.24, 2.45) is 0 Å². The van der Waals surface area contributed by atoms with E-state index in [2.05, 4.69) is 10.1 Å². The van der Waals surface area contributed by atoms with E-state index in [0.717, 1.165) is 5.56 Å². The molecule has 1 fully saturated rings. The van der Waals surface area contributed by atoms with Crippen LogP contribution in [0.25, 0.3) is 11.5 Å². The van der Waals surface area contributed by atoms with Crippen molar-refractivity contribution >= 4 is 11.6 Å². The van der Waals surface area contributed by atoms with Gasteiger partial charge in [0.25, 0.3) is 5.89 Å². The van der Waals surface area contributed by atoms with Gasteiger partial charge in [-0.25, -0.2) is 0 Å². The summed E-state index contributed by atoms with van der Waals surface area (Å²) < 4.78 is 21.3. The number of hydrogen-bond donors (Lipinski definition) is 0. The topological polar surface area (TPSA) is 86.9 Å². The van der Waals surface area contributed by atoms with Crippen LogP contribution in [0, 0.1) is 0 Å². The zero-order valence-corrected chi connectivity index (χ0v) is 16.4. The van der Waals surface area contributed by atoms with Crippen LogP contribution in [0.3, 0.4) is 0 Å². The molecule has 2 aromatic carbocycles. The molecule has 0 N–H and O–H groups in total. The van der Waals surface area contributed by atoms with Crippen LogP contribution in [0.5, 0.6) is 17.2 Å². The molecule has 0 radical (unpaired) electrons. The Morgan fingerprint density at radius 3 is 2.59 bits per heavy atom. The molecular weight excluding hydrogens is 374 g/mol. The summed E-state index contributed by atoms with van der Waals surface area (Å²) in [5.74, 6) is 2.65. The van der Waals surface area contributed by atoms with E-state index in [1.54, 1.807) is 38.4 Å². The Balaban J connectivity index is 1.57. The molecule has 1 aliphatic rings. The summed E-state index contributed by atoms with van der Waals surface area (Å²) in [6.45, 7) is 0.443. The van der Waals surface area contributed by atoms with Gasteiger partial charge >= 0.3 is 0 Å². The lowest BCUT2D eigenvalue weighted by atomic mass is 10.1. The molecule has 3 aromatic rings. The molecule has 8 nitrogen and oxygen atoms in total. The fourth-order valence-corrected chi connectivity index (χ4v) is 3.40. The molecular formula is C21H21N3O5. The lowest BCUT2D eigenvalue weighted by Gasteiger charge is -2.19. The fraction of sp³-hybridized carbons (Fsp3) is 0.286. The molecule has 29 heavy (non-hydrogen) atoms. The molecule has 0 aliphatic carbocycles. The molecule has 4 rings (SSSR count). The van der Waals surface area contributed by atoms with Gasteiger partial charge in [0, 0.05) is 30.5 Å². The van der Waals surface area contributed by atoms with E-state index < -0.39 is 0 Å². The third-order valence-corrected chi connectivity index (χ3v) is 4.93. The van der Waals surface area contributed by atoms with Crippen LogP contribution in [0.2, 0.25) is 0 Å². The minimum atomic E-state index is -0.169. The summed E-state index contributed by atoms with van der Waals surface area (Å²) >= 11 is 0. The molecule has 1 aromatic heterocycles. The van der Waals surface area contributed by atoms with Gasteiger partial charge in [-0.1, -0.05) is 11.2 Å². The molecule has 0 saturated carbocycles. The van der Waals surface area contributed by atoms with Gasteiger partial charge in [0.05, 0.1) is 27.0 Å². The highest BCUT2D eigenvalue weighted by atomic mass is 16.5. The van der Waals surface area contributed by atoms with E-state index in [1.807, 2.05) is 30.3 Å². The van der Waals surface area contributed by atoms with Gasteiger partial charge in [-0.3, -0.25) is 4.79 Å². The predicted molar refractivity (Wildman–Crippen MR) is 106 cm³/mol. The molecule has 1 unspecified atom stereocenters. The molecule has 1 aliphatic heterocycles. The van der Waals surface area contributed by atoms with Gasteiger partial charge in [-0.15, -0.1) is 0 Å². The van der Waals surface area contributed by atoms with Crippen molar-refractivity contribution in [1.29, 1.82) is 0 Å². The number of hydrogen-bond acceptors (Lipinski definition) is 7. The third-order valence-electron chi connectivity index (χ3n) is 4.93. The standard InChI is InChI=1S/C21H21N3O5/c1-26-15-6-4-5-13(9-15)21-22-20(23-29-21)14-10-19(25)24(12-14)17-8-7-16(27-2)11-18(17)28-3/h4-9,11,14H,10,12H2,1-3H3. The van der Waals surface area contributed by atoms with E-state index in [9.17, 15) is 4.79 Å². The second-order valence-electron chi connectivity index (χ2n) is 6.63. The number of nitrogens with zero attached hydrogens (tertiary/aromatic N) is 3. The number of rotatable bonds is 6. The second-order valence-corrected chi connectivity index (χ2v) is 6.63. The Morgan fingerprint density at radius 2 is 1.83 bits per heavy atom. The Bertz CT molecular complexity index is 1030. The number of anilines is 1. The normalized spacial score (nSPS) is 16.2. The van der Waals surface area contributed by atoms with Crippen molar-refractivity contribution in [3.8, 4) is 28.7 Å². The smallest absolute Gasteiger partial charge is 0.258 e. The van der Waals surface area contributed by atoms with Crippen molar-refractivity contribution in [1.82, 2.24) is 10.1 Å². The first-order valence-electron chi connectivity index (χ1n) is 9.13. The third kappa shape index (κ3) is 3.61. The van der Waals surface area contributed by atoms with Crippen LogP contribution in [0.4, 0.5) is 5.69 Å². The average Bonchev–Trinajstić information content (AvgIpc) is 3.40. The number of ether oxygens (including phenoxy) is 3. The summed E-state index contributed by atoms with van der Waals surface area (Å²) in [4.78, 5) is 18.9. The van der Waals surface area contributed by atoms with E-state index in [1.165, 1.54) is 0 Å². The monoisotopic (exact) mass is 395 g/mol. The highest BCUT2D eigenvalue weighted by Gasteiger charge is 2.36. The number of carbonyl (C=O) groups excluding carboxylic acids is 1. The Morgan fingerprint density at radius 1 is 1.03 bits per heavy atom. The maximum Gasteiger partial charge on any atom is 0.258 e. The largest absolute Gasteiger partial charge is 0.497 e. The first-order valence-corrected chi connectivity index (χ1v) is 9.13.